The fraction of sp³-hybridized carbons (Fsp3) is 0.519. The van der Waals surface area contributed by atoms with Crippen molar-refractivity contribution in [3.63, 3.8) is 0 Å². The van der Waals surface area contributed by atoms with Crippen molar-refractivity contribution >= 4 is 21.8 Å². The molecule has 0 bridgehead atoms. The van der Waals surface area contributed by atoms with Crippen molar-refractivity contribution in [3.05, 3.63) is 54.1 Å². The van der Waals surface area contributed by atoms with Crippen molar-refractivity contribution < 1.29 is 37.6 Å². The molecule has 214 valence electrons. The van der Waals surface area contributed by atoms with Crippen LogP contribution in [0.25, 0.3) is 0 Å². The summed E-state index contributed by atoms with van der Waals surface area (Å²) in [5, 5.41) is 23.7. The van der Waals surface area contributed by atoms with Crippen LogP contribution in [0.3, 0.4) is 0 Å². The monoisotopic (exact) mass is 563 g/mol. The molecule has 11 nitrogen and oxygen atoms in total. The number of anilines is 1. The molecule has 2 aliphatic rings. The van der Waals surface area contributed by atoms with E-state index in [2.05, 4.69) is 5.32 Å². The highest BCUT2D eigenvalue weighted by molar-refractivity contribution is 7.89. The average molecular weight is 564 g/mol. The van der Waals surface area contributed by atoms with Gasteiger partial charge in [0.2, 0.25) is 10.0 Å². The third-order valence-corrected chi connectivity index (χ3v) is 8.72. The third kappa shape index (κ3) is 7.40. The number of carbonyl (C=O) groups is 1. The van der Waals surface area contributed by atoms with Gasteiger partial charge in [-0.3, -0.25) is 0 Å². The smallest absolute Gasteiger partial charge is 0.407 e. The number of nitrogens with zero attached hydrogens (tertiary/aromatic N) is 1. The summed E-state index contributed by atoms with van der Waals surface area (Å²) in [6.45, 7) is 4.78. The van der Waals surface area contributed by atoms with Crippen molar-refractivity contribution in [2.75, 3.05) is 38.6 Å². The summed E-state index contributed by atoms with van der Waals surface area (Å²) in [5.41, 5.74) is 6.86. The second kappa shape index (κ2) is 12.5. The minimum atomic E-state index is -4.00. The van der Waals surface area contributed by atoms with Crippen LogP contribution in [0.2, 0.25) is 0 Å². The van der Waals surface area contributed by atoms with Gasteiger partial charge in [0.15, 0.2) is 0 Å². The summed E-state index contributed by atoms with van der Waals surface area (Å²) in [4.78, 5) is 13.0. The normalized spacial score (nSPS) is 22.5. The van der Waals surface area contributed by atoms with E-state index in [0.29, 0.717) is 18.9 Å². The highest BCUT2D eigenvalue weighted by Gasteiger charge is 2.44. The van der Waals surface area contributed by atoms with Crippen LogP contribution >= 0.6 is 0 Å². The number of alkyl carbamates (subject to hydrolysis) is 1. The number of phenols is 1. The van der Waals surface area contributed by atoms with E-state index in [-0.39, 0.29) is 54.7 Å². The average Bonchev–Trinajstić information content (AvgIpc) is 3.49. The van der Waals surface area contributed by atoms with Gasteiger partial charge in [-0.25, -0.2) is 13.2 Å². The first-order valence-electron chi connectivity index (χ1n) is 13.0. The fourth-order valence-electron chi connectivity index (χ4n) is 4.86. The molecule has 0 saturated carbocycles. The minimum Gasteiger partial charge on any atom is -0.508 e. The minimum absolute atomic E-state index is 0.0207. The Morgan fingerprint density at radius 3 is 2.59 bits per heavy atom. The van der Waals surface area contributed by atoms with Gasteiger partial charge in [0.25, 0.3) is 0 Å². The van der Waals surface area contributed by atoms with E-state index in [1.807, 2.05) is 13.8 Å². The Morgan fingerprint density at radius 2 is 1.90 bits per heavy atom. The number of nitrogen functional groups attached to an aromatic ring is 1. The topological polar surface area (TPSA) is 161 Å². The molecule has 0 aliphatic carbocycles. The Hall–Kier alpha value is -2.90. The maximum absolute atomic E-state index is 13.5. The van der Waals surface area contributed by atoms with Gasteiger partial charge < -0.3 is 35.5 Å². The number of rotatable bonds is 11. The molecule has 2 aromatic rings. The number of hydrogen-bond donors (Lipinski definition) is 4. The van der Waals surface area contributed by atoms with E-state index in [0.717, 1.165) is 5.56 Å². The van der Waals surface area contributed by atoms with Gasteiger partial charge in [0, 0.05) is 18.8 Å². The Bertz CT molecular complexity index is 1220. The molecule has 0 aromatic heterocycles. The standard InChI is InChI=1S/C27H37N3O8S/c1-17(2)12-30(39(34,35)21-5-3-4-19(28)11-21)13-24(32)23(10-18-6-8-20(31)9-7-18)29-27(33)38-26-16-37-25-15-36-14-22(25)26/h3-9,11,17,22-26,31-32H,10,12-16,28H2,1-2H3,(H,29,33)/t22-,23+,24-,25+,26+/m1/s1. The Kier molecular flexibility index (Phi) is 9.34. The molecule has 2 saturated heterocycles. The highest BCUT2D eigenvalue weighted by atomic mass is 32.2. The Labute approximate surface area is 228 Å². The van der Waals surface area contributed by atoms with Gasteiger partial charge in [-0.15, -0.1) is 0 Å². The van der Waals surface area contributed by atoms with Crippen molar-refractivity contribution in [3.8, 4) is 5.75 Å². The maximum Gasteiger partial charge on any atom is 0.407 e. The van der Waals surface area contributed by atoms with Crippen LogP contribution < -0.4 is 11.1 Å². The van der Waals surface area contributed by atoms with Gasteiger partial charge in [-0.1, -0.05) is 32.0 Å². The Morgan fingerprint density at radius 1 is 1.15 bits per heavy atom. The molecular weight excluding hydrogens is 526 g/mol. The largest absolute Gasteiger partial charge is 0.508 e. The van der Waals surface area contributed by atoms with Crippen LogP contribution in [0.5, 0.6) is 5.75 Å². The molecule has 4 rings (SSSR count). The van der Waals surface area contributed by atoms with Crippen LogP contribution in [0.4, 0.5) is 10.5 Å². The van der Waals surface area contributed by atoms with Gasteiger partial charge in [0.05, 0.1) is 48.9 Å². The van der Waals surface area contributed by atoms with Gasteiger partial charge in [0.1, 0.15) is 11.9 Å². The number of aliphatic hydroxyl groups excluding tert-OH is 1. The number of aliphatic hydroxyl groups is 1. The fourth-order valence-corrected chi connectivity index (χ4v) is 6.54. The lowest BCUT2D eigenvalue weighted by Gasteiger charge is -2.31. The molecule has 1 amide bonds. The zero-order chi connectivity index (χ0) is 28.2. The number of amides is 1. The number of phenolic OH excluding ortho intramolecular Hbond substituents is 1. The predicted molar refractivity (Wildman–Crippen MR) is 144 cm³/mol. The second-order valence-corrected chi connectivity index (χ2v) is 12.4. The van der Waals surface area contributed by atoms with E-state index in [1.54, 1.807) is 24.3 Å². The number of nitrogens with two attached hydrogens (primary N) is 1. The lowest BCUT2D eigenvalue weighted by Crippen LogP contribution is -2.51. The molecule has 2 aliphatic heterocycles. The molecule has 0 spiro atoms. The quantitative estimate of drug-likeness (QED) is 0.299. The number of benzene rings is 2. The van der Waals surface area contributed by atoms with Crippen molar-refractivity contribution in [1.82, 2.24) is 9.62 Å². The van der Waals surface area contributed by atoms with E-state index in [4.69, 9.17) is 19.9 Å². The van der Waals surface area contributed by atoms with Crippen LogP contribution in [0.1, 0.15) is 19.4 Å². The first-order chi connectivity index (χ1) is 18.5. The molecule has 2 heterocycles. The van der Waals surface area contributed by atoms with Crippen LogP contribution in [0, 0.1) is 11.8 Å². The number of hydrogen-bond acceptors (Lipinski definition) is 9. The zero-order valence-electron chi connectivity index (χ0n) is 22.1. The number of ether oxygens (including phenoxy) is 3. The molecule has 5 atom stereocenters. The molecular formula is C27H37N3O8S. The summed E-state index contributed by atoms with van der Waals surface area (Å²) in [5.74, 6) is -0.0132. The maximum atomic E-state index is 13.5. The second-order valence-electron chi connectivity index (χ2n) is 10.5. The molecule has 5 N–H and O–H groups in total. The number of carbonyl (C=O) groups excluding carboxylic acids is 1. The lowest BCUT2D eigenvalue weighted by molar-refractivity contribution is 0.0271. The summed E-state index contributed by atoms with van der Waals surface area (Å²) in [6.07, 6.45) is -2.45. The number of sulfonamides is 1. The van der Waals surface area contributed by atoms with Gasteiger partial charge in [-0.05, 0) is 48.2 Å². The first-order valence-corrected chi connectivity index (χ1v) is 14.4. The summed E-state index contributed by atoms with van der Waals surface area (Å²) < 4.78 is 44.9. The van der Waals surface area contributed by atoms with E-state index in [9.17, 15) is 23.4 Å². The zero-order valence-corrected chi connectivity index (χ0v) is 22.9. The van der Waals surface area contributed by atoms with Crippen LogP contribution in [-0.4, -0.2) is 86.3 Å². The van der Waals surface area contributed by atoms with E-state index < -0.39 is 34.4 Å². The molecule has 39 heavy (non-hydrogen) atoms. The van der Waals surface area contributed by atoms with Crippen molar-refractivity contribution in [2.45, 2.75) is 49.5 Å². The lowest BCUT2D eigenvalue weighted by atomic mass is 10.0. The first kappa shape index (κ1) is 29.1. The molecule has 0 unspecified atom stereocenters. The highest BCUT2D eigenvalue weighted by Crippen LogP contribution is 2.29. The van der Waals surface area contributed by atoms with Gasteiger partial charge in [-0.2, -0.15) is 4.31 Å². The van der Waals surface area contributed by atoms with E-state index >= 15 is 0 Å². The number of aromatic hydroxyl groups is 1. The van der Waals surface area contributed by atoms with Crippen LogP contribution in [-0.2, 0) is 30.7 Å². The van der Waals surface area contributed by atoms with Crippen molar-refractivity contribution in [2.24, 2.45) is 11.8 Å². The summed E-state index contributed by atoms with van der Waals surface area (Å²) in [7, 11) is -4.00. The number of nitrogens with one attached hydrogen (secondary N) is 1. The van der Waals surface area contributed by atoms with Gasteiger partial charge >= 0.3 is 6.09 Å². The molecule has 2 fully saturated rings. The summed E-state index contributed by atoms with van der Waals surface area (Å²) >= 11 is 0. The summed E-state index contributed by atoms with van der Waals surface area (Å²) in [6, 6.07) is 11.4. The predicted octanol–water partition coefficient (Wildman–Crippen LogP) is 1.73. The number of fused-ring (bicyclic) bond motifs is 1. The third-order valence-electron chi connectivity index (χ3n) is 6.90. The SMILES string of the molecule is CC(C)CN(C[C@@H](O)[C@H](Cc1ccc(O)cc1)NC(=O)O[C@H]1CO[C@H]2COC[C@H]21)S(=O)(=O)c1cccc(N)c1. The van der Waals surface area contributed by atoms with Crippen LogP contribution in [0.15, 0.2) is 53.4 Å². The molecule has 2 aromatic carbocycles. The van der Waals surface area contributed by atoms with E-state index in [1.165, 1.54) is 28.6 Å². The molecule has 12 heteroatoms. The van der Waals surface area contributed by atoms with Crippen molar-refractivity contribution in [1.29, 1.82) is 0 Å². The molecule has 0 radical (unpaired) electrons. The Balaban J connectivity index is 1.52.